The fourth-order valence-electron chi connectivity index (χ4n) is 2.44. The van der Waals surface area contributed by atoms with Crippen LogP contribution in [0.25, 0.3) is 0 Å². The number of nitrogens with zero attached hydrogens (tertiary/aromatic N) is 2. The molecule has 1 heterocycles. The first kappa shape index (κ1) is 25.0. The Morgan fingerprint density at radius 1 is 1.07 bits per heavy atom. The molecule has 8 heteroatoms. The molecule has 0 saturated carbocycles. The zero-order chi connectivity index (χ0) is 20.0. The normalized spacial score (nSPS) is 10.8. The van der Waals surface area contributed by atoms with Gasteiger partial charge in [-0.05, 0) is 31.0 Å². The summed E-state index contributed by atoms with van der Waals surface area (Å²) in [5, 5.41) is 6.54. The molecule has 0 unspecified atom stereocenters. The van der Waals surface area contributed by atoms with E-state index >= 15 is 0 Å². The van der Waals surface area contributed by atoms with Crippen LogP contribution in [-0.2, 0) is 11.3 Å². The summed E-state index contributed by atoms with van der Waals surface area (Å²) in [5.74, 6) is 2.62. The first-order valence-electron chi connectivity index (χ1n) is 9.55. The number of ether oxygens (including phenoxy) is 3. The number of rotatable bonds is 11. The maximum absolute atomic E-state index is 6.06. The van der Waals surface area contributed by atoms with Crippen molar-refractivity contribution in [1.29, 1.82) is 0 Å². The predicted octanol–water partition coefficient (Wildman–Crippen LogP) is 3.98. The first-order valence-corrected chi connectivity index (χ1v) is 9.55. The Morgan fingerprint density at radius 3 is 2.59 bits per heavy atom. The highest BCUT2D eigenvalue weighted by molar-refractivity contribution is 14.0. The van der Waals surface area contributed by atoms with Gasteiger partial charge in [-0.25, -0.2) is 4.98 Å². The number of guanidine groups is 1. The smallest absolute Gasteiger partial charge is 0.224 e. The third kappa shape index (κ3) is 8.86. The molecule has 0 fully saturated rings. The van der Waals surface area contributed by atoms with Gasteiger partial charge in [0.1, 0.15) is 0 Å². The SMILES string of the molecule is CCCOc1ccccc1Oc1ncccc1CNC(=NC)NCCCOC.I. The molecule has 0 aliphatic heterocycles. The number of nitrogens with one attached hydrogen (secondary N) is 2. The van der Waals surface area contributed by atoms with E-state index in [0.717, 1.165) is 30.9 Å². The summed E-state index contributed by atoms with van der Waals surface area (Å²) in [7, 11) is 3.44. The number of aromatic nitrogens is 1. The zero-order valence-corrected chi connectivity index (χ0v) is 19.6. The summed E-state index contributed by atoms with van der Waals surface area (Å²) in [6.45, 7) is 4.74. The fourth-order valence-corrected chi connectivity index (χ4v) is 2.44. The standard InChI is InChI=1S/C21H30N4O3.HI/c1-4-14-27-18-10-5-6-11-19(18)28-20-17(9-7-12-23-20)16-25-21(22-2)24-13-8-15-26-3;/h5-7,9-12H,4,8,13-16H2,1-3H3,(H2,22,24,25);1H. The van der Waals surface area contributed by atoms with Crippen LogP contribution in [0.4, 0.5) is 0 Å². The molecule has 1 aromatic heterocycles. The second-order valence-corrected chi connectivity index (χ2v) is 6.06. The Kier molecular flexibility index (Phi) is 12.8. The molecule has 160 valence electrons. The lowest BCUT2D eigenvalue weighted by Crippen LogP contribution is -2.37. The Balaban J connectivity index is 0.00000420. The molecule has 0 saturated heterocycles. The van der Waals surface area contributed by atoms with Crippen molar-refractivity contribution in [2.45, 2.75) is 26.3 Å². The molecule has 0 aliphatic rings. The lowest BCUT2D eigenvalue weighted by Gasteiger charge is -2.15. The summed E-state index contributed by atoms with van der Waals surface area (Å²) in [5.41, 5.74) is 0.924. The van der Waals surface area contributed by atoms with Crippen LogP contribution in [-0.4, -0.2) is 44.9 Å². The van der Waals surface area contributed by atoms with Crippen molar-refractivity contribution in [2.24, 2.45) is 4.99 Å². The topological polar surface area (TPSA) is 77.0 Å². The minimum atomic E-state index is 0. The molecule has 7 nitrogen and oxygen atoms in total. The molecule has 2 rings (SSSR count). The van der Waals surface area contributed by atoms with Crippen molar-refractivity contribution >= 4 is 29.9 Å². The van der Waals surface area contributed by atoms with Crippen molar-refractivity contribution in [2.75, 3.05) is 33.9 Å². The third-order valence-corrected chi connectivity index (χ3v) is 3.86. The number of para-hydroxylation sites is 2. The monoisotopic (exact) mass is 514 g/mol. The largest absolute Gasteiger partial charge is 0.490 e. The minimum absolute atomic E-state index is 0. The van der Waals surface area contributed by atoms with E-state index in [0.29, 0.717) is 37.1 Å². The number of hydrogen-bond donors (Lipinski definition) is 2. The summed E-state index contributed by atoms with van der Waals surface area (Å²) in [6.07, 6.45) is 3.56. The van der Waals surface area contributed by atoms with E-state index in [1.807, 2.05) is 36.4 Å². The number of pyridine rings is 1. The average molecular weight is 514 g/mol. The molecule has 0 bridgehead atoms. The van der Waals surface area contributed by atoms with Crippen LogP contribution >= 0.6 is 24.0 Å². The van der Waals surface area contributed by atoms with Crippen LogP contribution in [0.3, 0.4) is 0 Å². The van der Waals surface area contributed by atoms with Gasteiger partial charge in [-0.3, -0.25) is 4.99 Å². The van der Waals surface area contributed by atoms with Gasteiger partial charge in [-0.1, -0.05) is 25.1 Å². The first-order chi connectivity index (χ1) is 13.8. The van der Waals surface area contributed by atoms with Crippen LogP contribution in [0, 0.1) is 0 Å². The number of hydrogen-bond acceptors (Lipinski definition) is 5. The zero-order valence-electron chi connectivity index (χ0n) is 17.3. The van der Waals surface area contributed by atoms with Crippen molar-refractivity contribution in [3.05, 3.63) is 48.2 Å². The van der Waals surface area contributed by atoms with Gasteiger partial charge in [0.2, 0.25) is 5.88 Å². The quantitative estimate of drug-likeness (QED) is 0.205. The average Bonchev–Trinajstić information content (AvgIpc) is 2.73. The van der Waals surface area contributed by atoms with E-state index in [1.54, 1.807) is 20.4 Å². The highest BCUT2D eigenvalue weighted by Gasteiger charge is 2.11. The molecular formula is C21H31IN4O3. The molecular weight excluding hydrogens is 483 g/mol. The van der Waals surface area contributed by atoms with Gasteiger partial charge in [0.15, 0.2) is 17.5 Å². The maximum Gasteiger partial charge on any atom is 0.224 e. The predicted molar refractivity (Wildman–Crippen MR) is 127 cm³/mol. The summed E-state index contributed by atoms with van der Waals surface area (Å²) in [6, 6.07) is 11.5. The highest BCUT2D eigenvalue weighted by Crippen LogP contribution is 2.31. The number of halogens is 1. The molecule has 0 atom stereocenters. The Bertz CT molecular complexity index is 743. The van der Waals surface area contributed by atoms with Crippen LogP contribution in [0.5, 0.6) is 17.4 Å². The highest BCUT2D eigenvalue weighted by atomic mass is 127. The number of benzene rings is 1. The molecule has 29 heavy (non-hydrogen) atoms. The molecule has 2 N–H and O–H groups in total. The van der Waals surface area contributed by atoms with Crippen LogP contribution in [0.1, 0.15) is 25.3 Å². The van der Waals surface area contributed by atoms with Crippen molar-refractivity contribution in [3.8, 4) is 17.4 Å². The summed E-state index contributed by atoms with van der Waals surface area (Å²) >= 11 is 0. The van der Waals surface area contributed by atoms with Gasteiger partial charge in [0, 0.05) is 45.6 Å². The van der Waals surface area contributed by atoms with Crippen LogP contribution < -0.4 is 20.1 Å². The van der Waals surface area contributed by atoms with Gasteiger partial charge in [-0.15, -0.1) is 24.0 Å². The number of aliphatic imine (C=N–C) groups is 1. The van der Waals surface area contributed by atoms with Gasteiger partial charge >= 0.3 is 0 Å². The van der Waals surface area contributed by atoms with Crippen molar-refractivity contribution in [1.82, 2.24) is 15.6 Å². The fraction of sp³-hybridized carbons (Fsp3) is 0.429. The summed E-state index contributed by atoms with van der Waals surface area (Å²) < 4.78 is 16.9. The van der Waals surface area contributed by atoms with E-state index < -0.39 is 0 Å². The van der Waals surface area contributed by atoms with E-state index in [9.17, 15) is 0 Å². The van der Waals surface area contributed by atoms with E-state index in [1.165, 1.54) is 0 Å². The van der Waals surface area contributed by atoms with E-state index in [-0.39, 0.29) is 24.0 Å². The Labute approximate surface area is 190 Å². The third-order valence-electron chi connectivity index (χ3n) is 3.86. The maximum atomic E-state index is 6.06. The van der Waals surface area contributed by atoms with Gasteiger partial charge in [-0.2, -0.15) is 0 Å². The summed E-state index contributed by atoms with van der Waals surface area (Å²) in [4.78, 5) is 8.63. The molecule has 0 aliphatic carbocycles. The molecule has 2 aromatic rings. The number of methoxy groups -OCH3 is 1. The second kappa shape index (κ2) is 14.9. The van der Waals surface area contributed by atoms with Crippen molar-refractivity contribution in [3.63, 3.8) is 0 Å². The van der Waals surface area contributed by atoms with Gasteiger partial charge in [0.05, 0.1) is 6.61 Å². The Hall–Kier alpha value is -2.07. The lowest BCUT2D eigenvalue weighted by molar-refractivity contribution is 0.195. The molecule has 0 amide bonds. The molecule has 1 aromatic carbocycles. The van der Waals surface area contributed by atoms with Crippen LogP contribution in [0.15, 0.2) is 47.6 Å². The van der Waals surface area contributed by atoms with Gasteiger partial charge in [0.25, 0.3) is 0 Å². The van der Waals surface area contributed by atoms with E-state index in [2.05, 4.69) is 27.5 Å². The molecule has 0 spiro atoms. The minimum Gasteiger partial charge on any atom is -0.490 e. The molecule has 0 radical (unpaired) electrons. The van der Waals surface area contributed by atoms with Crippen LogP contribution in [0.2, 0.25) is 0 Å². The lowest BCUT2D eigenvalue weighted by atomic mass is 10.2. The van der Waals surface area contributed by atoms with E-state index in [4.69, 9.17) is 14.2 Å². The van der Waals surface area contributed by atoms with Gasteiger partial charge < -0.3 is 24.8 Å². The van der Waals surface area contributed by atoms with Crippen molar-refractivity contribution < 1.29 is 14.2 Å². The Morgan fingerprint density at radius 2 is 1.86 bits per heavy atom. The second-order valence-electron chi connectivity index (χ2n) is 6.06.